The van der Waals surface area contributed by atoms with Crippen LogP contribution in [0.4, 0.5) is 10.1 Å². The molecule has 1 aliphatic rings. The second-order valence-electron chi connectivity index (χ2n) is 5.09. The summed E-state index contributed by atoms with van der Waals surface area (Å²) in [5.74, 6) is -0.447. The van der Waals surface area contributed by atoms with Crippen LogP contribution in [0, 0.1) is 5.82 Å². The highest BCUT2D eigenvalue weighted by Gasteiger charge is 2.25. The Kier molecular flexibility index (Phi) is 3.55. The maximum absolute atomic E-state index is 13.9. The zero-order chi connectivity index (χ0) is 15.1. The molecule has 1 aliphatic heterocycles. The molecule has 3 nitrogen and oxygen atoms in total. The number of rotatable bonds is 2. The number of likely N-dealkylation sites (N-methyl/N-ethyl adjacent to an activating group) is 1. The number of carbonyl (C=O) groups excluding carboxylic acids is 1. The van der Waals surface area contributed by atoms with Crippen LogP contribution in [-0.2, 0) is 11.2 Å². The topological polar surface area (TPSA) is 40.5 Å². The van der Waals surface area contributed by atoms with Crippen LogP contribution in [0.5, 0.6) is 0 Å². The standard InChI is InChI=1S/C16H13BrFNO2/c1-19-14-5-2-9(6-10(14)7-15(19)20)16(21)12-4-3-11(17)8-13(12)18/h2-6,8,16,21H,7H2,1H3. The normalized spacial score (nSPS) is 15.2. The van der Waals surface area contributed by atoms with E-state index in [1.54, 1.807) is 42.3 Å². The smallest absolute Gasteiger partial charge is 0.231 e. The Bertz CT molecular complexity index is 732. The predicted octanol–water partition coefficient (Wildman–Crippen LogP) is 3.19. The lowest BCUT2D eigenvalue weighted by atomic mass is 9.98. The van der Waals surface area contributed by atoms with Crippen molar-refractivity contribution in [2.75, 3.05) is 11.9 Å². The summed E-state index contributed by atoms with van der Waals surface area (Å²) in [6.45, 7) is 0. The highest BCUT2D eigenvalue weighted by Crippen LogP contribution is 2.33. The maximum atomic E-state index is 13.9. The second-order valence-corrected chi connectivity index (χ2v) is 6.00. The number of hydrogen-bond acceptors (Lipinski definition) is 2. The first-order valence-corrected chi connectivity index (χ1v) is 7.29. The first-order valence-electron chi connectivity index (χ1n) is 6.50. The van der Waals surface area contributed by atoms with Gasteiger partial charge in [-0.15, -0.1) is 0 Å². The van der Waals surface area contributed by atoms with Crippen LogP contribution in [0.25, 0.3) is 0 Å². The van der Waals surface area contributed by atoms with Gasteiger partial charge in [-0.05, 0) is 29.3 Å². The molecule has 3 rings (SSSR count). The molecule has 1 amide bonds. The fourth-order valence-corrected chi connectivity index (χ4v) is 2.90. The molecule has 2 aromatic rings. The van der Waals surface area contributed by atoms with Crippen LogP contribution in [0.2, 0.25) is 0 Å². The van der Waals surface area contributed by atoms with Crippen LogP contribution in [-0.4, -0.2) is 18.1 Å². The van der Waals surface area contributed by atoms with Crippen molar-refractivity contribution < 1.29 is 14.3 Å². The van der Waals surface area contributed by atoms with E-state index in [0.29, 0.717) is 16.5 Å². The summed E-state index contributed by atoms with van der Waals surface area (Å²) in [5.41, 5.74) is 2.50. The molecular weight excluding hydrogens is 337 g/mol. The van der Waals surface area contributed by atoms with Gasteiger partial charge in [0.1, 0.15) is 11.9 Å². The van der Waals surface area contributed by atoms with Gasteiger partial charge in [-0.3, -0.25) is 4.79 Å². The molecule has 0 saturated carbocycles. The van der Waals surface area contributed by atoms with Crippen LogP contribution in [0.15, 0.2) is 40.9 Å². The molecule has 1 heterocycles. The number of amides is 1. The molecule has 0 aromatic heterocycles. The van der Waals surface area contributed by atoms with Gasteiger partial charge in [-0.2, -0.15) is 0 Å². The molecule has 0 bridgehead atoms. The van der Waals surface area contributed by atoms with Crippen molar-refractivity contribution in [2.24, 2.45) is 0 Å². The number of halogens is 2. The van der Waals surface area contributed by atoms with E-state index in [4.69, 9.17) is 0 Å². The largest absolute Gasteiger partial charge is 0.384 e. The number of aliphatic hydroxyl groups is 1. The third kappa shape index (κ3) is 2.47. The Hall–Kier alpha value is -1.72. The zero-order valence-electron chi connectivity index (χ0n) is 11.3. The highest BCUT2D eigenvalue weighted by molar-refractivity contribution is 9.10. The van der Waals surface area contributed by atoms with E-state index in [1.165, 1.54) is 6.07 Å². The van der Waals surface area contributed by atoms with E-state index in [2.05, 4.69) is 15.9 Å². The Balaban J connectivity index is 1.98. The van der Waals surface area contributed by atoms with Crippen molar-refractivity contribution >= 4 is 27.5 Å². The molecule has 21 heavy (non-hydrogen) atoms. The van der Waals surface area contributed by atoms with E-state index in [9.17, 15) is 14.3 Å². The summed E-state index contributed by atoms with van der Waals surface area (Å²) >= 11 is 3.19. The van der Waals surface area contributed by atoms with Gasteiger partial charge in [0.25, 0.3) is 0 Å². The predicted molar refractivity (Wildman–Crippen MR) is 81.7 cm³/mol. The summed E-state index contributed by atoms with van der Waals surface area (Å²) in [6, 6.07) is 9.84. The summed E-state index contributed by atoms with van der Waals surface area (Å²) in [7, 11) is 1.72. The molecule has 1 N–H and O–H groups in total. The monoisotopic (exact) mass is 349 g/mol. The summed E-state index contributed by atoms with van der Waals surface area (Å²) in [6.07, 6.45) is -0.737. The number of hydrogen-bond donors (Lipinski definition) is 1. The van der Waals surface area contributed by atoms with Crippen molar-refractivity contribution in [1.29, 1.82) is 0 Å². The minimum absolute atomic E-state index is 0.0199. The van der Waals surface area contributed by atoms with Gasteiger partial charge < -0.3 is 10.0 Å². The van der Waals surface area contributed by atoms with Gasteiger partial charge in [-0.1, -0.05) is 34.1 Å². The van der Waals surface area contributed by atoms with Crippen molar-refractivity contribution in [3.05, 3.63) is 63.4 Å². The average Bonchev–Trinajstić information content (AvgIpc) is 2.73. The van der Waals surface area contributed by atoms with Crippen LogP contribution in [0.3, 0.4) is 0 Å². The number of nitrogens with zero attached hydrogens (tertiary/aromatic N) is 1. The number of aliphatic hydroxyl groups excluding tert-OH is 1. The first kappa shape index (κ1) is 14.2. The number of fused-ring (bicyclic) bond motifs is 1. The molecule has 0 radical (unpaired) electrons. The Morgan fingerprint density at radius 3 is 2.76 bits per heavy atom. The van der Waals surface area contributed by atoms with Crippen LogP contribution in [0.1, 0.15) is 22.8 Å². The Morgan fingerprint density at radius 1 is 1.29 bits per heavy atom. The minimum atomic E-state index is -1.05. The first-order chi connectivity index (χ1) is 9.97. The van der Waals surface area contributed by atoms with Crippen molar-refractivity contribution in [1.82, 2.24) is 0 Å². The zero-order valence-corrected chi connectivity index (χ0v) is 12.9. The second kappa shape index (κ2) is 5.24. The third-order valence-electron chi connectivity index (χ3n) is 3.75. The molecule has 0 saturated heterocycles. The van der Waals surface area contributed by atoms with E-state index in [0.717, 1.165) is 11.3 Å². The summed E-state index contributed by atoms with van der Waals surface area (Å²) < 4.78 is 14.6. The quantitative estimate of drug-likeness (QED) is 0.904. The Labute approximate surface area is 130 Å². The molecule has 1 unspecified atom stereocenters. The molecule has 0 aliphatic carbocycles. The van der Waals surface area contributed by atoms with Crippen LogP contribution >= 0.6 is 15.9 Å². The van der Waals surface area contributed by atoms with Gasteiger partial charge >= 0.3 is 0 Å². The lowest BCUT2D eigenvalue weighted by molar-refractivity contribution is -0.117. The number of carbonyl (C=O) groups is 1. The van der Waals surface area contributed by atoms with Crippen molar-refractivity contribution in [3.8, 4) is 0 Å². The Morgan fingerprint density at radius 2 is 2.05 bits per heavy atom. The molecule has 5 heteroatoms. The maximum Gasteiger partial charge on any atom is 0.231 e. The number of benzene rings is 2. The number of anilines is 1. The molecule has 2 aromatic carbocycles. The minimum Gasteiger partial charge on any atom is -0.384 e. The van der Waals surface area contributed by atoms with E-state index in [1.807, 2.05) is 0 Å². The van der Waals surface area contributed by atoms with E-state index < -0.39 is 11.9 Å². The lowest BCUT2D eigenvalue weighted by Crippen LogP contribution is -2.20. The molecule has 0 fully saturated rings. The molecule has 108 valence electrons. The fraction of sp³-hybridized carbons (Fsp3) is 0.188. The van der Waals surface area contributed by atoms with Gasteiger partial charge in [-0.25, -0.2) is 4.39 Å². The van der Waals surface area contributed by atoms with Crippen molar-refractivity contribution in [3.63, 3.8) is 0 Å². The molecule has 0 spiro atoms. The average molecular weight is 350 g/mol. The van der Waals surface area contributed by atoms with Gasteiger partial charge in [0.2, 0.25) is 5.91 Å². The van der Waals surface area contributed by atoms with Crippen LogP contribution < -0.4 is 4.90 Å². The summed E-state index contributed by atoms with van der Waals surface area (Å²) in [4.78, 5) is 13.3. The highest BCUT2D eigenvalue weighted by atomic mass is 79.9. The van der Waals surface area contributed by atoms with E-state index >= 15 is 0 Å². The SMILES string of the molecule is CN1C(=O)Cc2cc(C(O)c3ccc(Br)cc3F)ccc21. The third-order valence-corrected chi connectivity index (χ3v) is 4.25. The van der Waals surface area contributed by atoms with Crippen molar-refractivity contribution in [2.45, 2.75) is 12.5 Å². The van der Waals surface area contributed by atoms with Gasteiger partial charge in [0, 0.05) is 22.8 Å². The molecular formula is C16H13BrFNO2. The van der Waals surface area contributed by atoms with Gasteiger partial charge in [0.15, 0.2) is 0 Å². The molecule has 1 atom stereocenters. The lowest BCUT2D eigenvalue weighted by Gasteiger charge is -2.15. The fourth-order valence-electron chi connectivity index (χ4n) is 2.56. The van der Waals surface area contributed by atoms with E-state index in [-0.39, 0.29) is 11.5 Å². The summed E-state index contributed by atoms with van der Waals surface area (Å²) in [5, 5.41) is 10.4. The van der Waals surface area contributed by atoms with Gasteiger partial charge in [0.05, 0.1) is 6.42 Å².